The maximum Gasteiger partial charge on any atom is 0.187 e. The van der Waals surface area contributed by atoms with Crippen LogP contribution in [0.3, 0.4) is 0 Å². The van der Waals surface area contributed by atoms with Crippen molar-refractivity contribution in [1.29, 1.82) is 0 Å². The van der Waals surface area contributed by atoms with E-state index in [9.17, 15) is 13.6 Å². The monoisotopic (exact) mass is 293 g/mol. The van der Waals surface area contributed by atoms with Gasteiger partial charge in [-0.05, 0) is 36.4 Å². The van der Waals surface area contributed by atoms with E-state index in [0.29, 0.717) is 10.6 Å². The Kier molecular flexibility index (Phi) is 4.48. The van der Waals surface area contributed by atoms with Gasteiger partial charge in [0.25, 0.3) is 0 Å². The van der Waals surface area contributed by atoms with Crippen LogP contribution in [0.5, 0.6) is 0 Å². The van der Waals surface area contributed by atoms with E-state index in [1.54, 1.807) is 24.3 Å². The molecule has 0 atom stereocenters. The van der Waals surface area contributed by atoms with Crippen LogP contribution < -0.4 is 5.32 Å². The van der Waals surface area contributed by atoms with Crippen molar-refractivity contribution in [3.8, 4) is 0 Å². The lowest BCUT2D eigenvalue weighted by Gasteiger charge is -2.02. The first-order chi connectivity index (χ1) is 9.56. The Labute approximate surface area is 119 Å². The van der Waals surface area contributed by atoms with Crippen LogP contribution in [0.25, 0.3) is 0 Å². The van der Waals surface area contributed by atoms with Crippen LogP contribution in [0.4, 0.5) is 14.5 Å². The van der Waals surface area contributed by atoms with Gasteiger partial charge in [-0.25, -0.2) is 8.78 Å². The molecule has 102 valence electrons. The van der Waals surface area contributed by atoms with Gasteiger partial charge < -0.3 is 5.32 Å². The molecular formula is C15H10ClF2NO. The van der Waals surface area contributed by atoms with Crippen LogP contribution >= 0.6 is 11.6 Å². The van der Waals surface area contributed by atoms with Crippen molar-refractivity contribution in [2.24, 2.45) is 0 Å². The molecule has 0 aromatic heterocycles. The van der Waals surface area contributed by atoms with Crippen molar-refractivity contribution in [2.75, 3.05) is 5.32 Å². The molecule has 20 heavy (non-hydrogen) atoms. The van der Waals surface area contributed by atoms with Crippen LogP contribution in [0.15, 0.2) is 54.7 Å². The van der Waals surface area contributed by atoms with E-state index in [-0.39, 0.29) is 11.5 Å². The first kappa shape index (κ1) is 14.2. The fourth-order valence-corrected chi connectivity index (χ4v) is 1.65. The molecule has 5 heteroatoms. The average Bonchev–Trinajstić information content (AvgIpc) is 2.42. The van der Waals surface area contributed by atoms with Gasteiger partial charge in [0, 0.05) is 28.9 Å². The maximum absolute atomic E-state index is 13.3. The van der Waals surface area contributed by atoms with Crippen LogP contribution in [-0.2, 0) is 0 Å². The molecule has 0 saturated carbocycles. The van der Waals surface area contributed by atoms with Crippen LogP contribution in [0.2, 0.25) is 5.02 Å². The zero-order valence-corrected chi connectivity index (χ0v) is 11.0. The van der Waals surface area contributed by atoms with Gasteiger partial charge in [-0.15, -0.1) is 0 Å². The highest BCUT2D eigenvalue weighted by Crippen LogP contribution is 2.15. The number of benzene rings is 2. The Morgan fingerprint density at radius 2 is 1.80 bits per heavy atom. The molecule has 0 heterocycles. The van der Waals surface area contributed by atoms with E-state index in [2.05, 4.69) is 5.32 Å². The normalized spacial score (nSPS) is 10.8. The number of anilines is 1. The van der Waals surface area contributed by atoms with E-state index < -0.39 is 11.6 Å². The zero-order chi connectivity index (χ0) is 14.5. The summed E-state index contributed by atoms with van der Waals surface area (Å²) in [6, 6.07) is 9.53. The van der Waals surface area contributed by atoms with Gasteiger partial charge in [0.05, 0.1) is 5.69 Å². The van der Waals surface area contributed by atoms with Crippen molar-refractivity contribution < 1.29 is 13.6 Å². The third-order valence-corrected chi connectivity index (χ3v) is 2.79. The number of carbonyl (C=O) groups is 1. The number of ketones is 1. The molecule has 1 N–H and O–H groups in total. The Balaban J connectivity index is 2.02. The number of rotatable bonds is 4. The fraction of sp³-hybridized carbons (Fsp3) is 0. The molecule has 2 rings (SSSR count). The topological polar surface area (TPSA) is 29.1 Å². The minimum Gasteiger partial charge on any atom is -0.359 e. The lowest BCUT2D eigenvalue weighted by Crippen LogP contribution is -1.97. The molecule has 2 aromatic carbocycles. The highest BCUT2D eigenvalue weighted by atomic mass is 35.5. The van der Waals surface area contributed by atoms with Gasteiger partial charge in [-0.3, -0.25) is 4.79 Å². The summed E-state index contributed by atoms with van der Waals surface area (Å²) in [4.78, 5) is 11.8. The second kappa shape index (κ2) is 6.30. The van der Waals surface area contributed by atoms with Gasteiger partial charge in [0.2, 0.25) is 0 Å². The first-order valence-electron chi connectivity index (χ1n) is 5.74. The van der Waals surface area contributed by atoms with E-state index in [4.69, 9.17) is 11.6 Å². The molecule has 0 unspecified atom stereocenters. The van der Waals surface area contributed by atoms with Gasteiger partial charge in [0.1, 0.15) is 11.6 Å². The molecule has 0 bridgehead atoms. The third-order valence-electron chi connectivity index (χ3n) is 2.53. The molecule has 2 nitrogen and oxygen atoms in total. The van der Waals surface area contributed by atoms with E-state index >= 15 is 0 Å². The summed E-state index contributed by atoms with van der Waals surface area (Å²) in [6.45, 7) is 0. The number of carbonyl (C=O) groups excluding carboxylic acids is 1. The van der Waals surface area contributed by atoms with Crippen molar-refractivity contribution in [2.45, 2.75) is 0 Å². The average molecular weight is 294 g/mol. The fourth-order valence-electron chi connectivity index (χ4n) is 1.52. The lowest BCUT2D eigenvalue weighted by molar-refractivity contribution is 0.104. The predicted molar refractivity (Wildman–Crippen MR) is 74.9 cm³/mol. The molecule has 0 amide bonds. The zero-order valence-electron chi connectivity index (χ0n) is 10.2. The summed E-state index contributed by atoms with van der Waals surface area (Å²) in [6.07, 6.45) is 2.55. The molecule has 0 fully saturated rings. The molecule has 0 aliphatic heterocycles. The van der Waals surface area contributed by atoms with Gasteiger partial charge in [0.15, 0.2) is 5.78 Å². The third kappa shape index (κ3) is 3.65. The van der Waals surface area contributed by atoms with Gasteiger partial charge in [-0.1, -0.05) is 11.6 Å². The number of hydrogen-bond donors (Lipinski definition) is 1. The second-order valence-corrected chi connectivity index (χ2v) is 4.41. The molecule has 0 radical (unpaired) electrons. The summed E-state index contributed by atoms with van der Waals surface area (Å²) in [5, 5.41) is 3.12. The Bertz CT molecular complexity index is 653. The number of hydrogen-bond acceptors (Lipinski definition) is 2. The van der Waals surface area contributed by atoms with Crippen LogP contribution in [-0.4, -0.2) is 5.78 Å². The van der Waals surface area contributed by atoms with Crippen molar-refractivity contribution in [3.63, 3.8) is 0 Å². The van der Waals surface area contributed by atoms with Crippen molar-refractivity contribution >= 4 is 23.1 Å². The number of allylic oxidation sites excluding steroid dienone is 1. The summed E-state index contributed by atoms with van der Waals surface area (Å²) < 4.78 is 26.0. The Morgan fingerprint density at radius 3 is 2.45 bits per heavy atom. The summed E-state index contributed by atoms with van der Waals surface area (Å²) in [7, 11) is 0. The van der Waals surface area contributed by atoms with E-state index in [1.807, 2.05) is 0 Å². The van der Waals surface area contributed by atoms with Crippen molar-refractivity contribution in [3.05, 3.63) is 77.0 Å². The second-order valence-electron chi connectivity index (χ2n) is 3.97. The minimum absolute atomic E-state index is 0.0894. The van der Waals surface area contributed by atoms with E-state index in [1.165, 1.54) is 18.3 Å². The maximum atomic E-state index is 13.3. The van der Waals surface area contributed by atoms with Crippen molar-refractivity contribution in [1.82, 2.24) is 0 Å². The predicted octanol–water partition coefficient (Wildman–Crippen LogP) is 4.43. The first-order valence-corrected chi connectivity index (χ1v) is 6.12. The molecule has 0 saturated heterocycles. The van der Waals surface area contributed by atoms with E-state index in [0.717, 1.165) is 12.1 Å². The molecular weight excluding hydrogens is 284 g/mol. The van der Waals surface area contributed by atoms with Gasteiger partial charge >= 0.3 is 0 Å². The number of nitrogens with one attached hydrogen (secondary N) is 1. The smallest absolute Gasteiger partial charge is 0.187 e. The summed E-state index contributed by atoms with van der Waals surface area (Å²) >= 11 is 5.72. The number of halogens is 3. The summed E-state index contributed by atoms with van der Waals surface area (Å²) in [5.41, 5.74) is 0.554. The summed E-state index contributed by atoms with van der Waals surface area (Å²) in [5.74, 6) is -1.64. The Morgan fingerprint density at radius 1 is 1.10 bits per heavy atom. The standard InChI is InChI=1S/C15H10ClF2NO/c16-11-3-1-10(2-4-11)15(20)7-8-19-14-6-5-12(17)9-13(14)18/h1-9,19H/b8-7-. The SMILES string of the molecule is O=C(/C=C\Nc1ccc(F)cc1F)c1ccc(Cl)cc1. The largest absolute Gasteiger partial charge is 0.359 e. The quantitative estimate of drug-likeness (QED) is 0.667. The molecule has 0 spiro atoms. The van der Waals surface area contributed by atoms with Gasteiger partial charge in [-0.2, -0.15) is 0 Å². The highest BCUT2D eigenvalue weighted by molar-refractivity contribution is 6.30. The molecule has 0 aliphatic carbocycles. The molecule has 0 aliphatic rings. The minimum atomic E-state index is -0.728. The molecule has 2 aromatic rings. The Hall–Kier alpha value is -2.20. The van der Waals surface area contributed by atoms with Crippen LogP contribution in [0.1, 0.15) is 10.4 Å². The van der Waals surface area contributed by atoms with Crippen LogP contribution in [0, 0.1) is 11.6 Å². The highest BCUT2D eigenvalue weighted by Gasteiger charge is 2.03. The lowest BCUT2D eigenvalue weighted by atomic mass is 10.1.